The molecule has 0 saturated carbocycles. The molecule has 1 aromatic carbocycles. The number of hydrogen-bond acceptors (Lipinski definition) is 2. The quantitative estimate of drug-likeness (QED) is 0.740. The van der Waals surface area contributed by atoms with Crippen molar-refractivity contribution >= 4 is 10.7 Å². The first kappa shape index (κ1) is 11.0. The van der Waals surface area contributed by atoms with Crippen LogP contribution in [0, 0.1) is 6.92 Å². The third kappa shape index (κ3) is 2.06. The van der Waals surface area contributed by atoms with Gasteiger partial charge >= 0.3 is 6.18 Å². The van der Waals surface area contributed by atoms with Crippen molar-refractivity contribution in [3.8, 4) is 0 Å². The van der Waals surface area contributed by atoms with Crippen LogP contribution in [0.4, 0.5) is 13.2 Å². The van der Waals surface area contributed by atoms with Gasteiger partial charge in [-0.1, -0.05) is 12.1 Å². The highest BCUT2D eigenvalue weighted by molar-refractivity contribution is 7.72. The molecule has 6 heteroatoms. The Bertz CT molecular complexity index is 413. The zero-order valence-corrected chi connectivity index (χ0v) is 8.02. The van der Waals surface area contributed by atoms with Gasteiger partial charge in [0.15, 0.2) is 10.7 Å². The number of halogens is 3. The maximum Gasteiger partial charge on any atom is 0.417 e. The number of thiol groups is 1. The first-order chi connectivity index (χ1) is 6.34. The molecule has 1 aromatic rings. The van der Waals surface area contributed by atoms with E-state index in [2.05, 4.69) is 0 Å². The fraction of sp³-hybridized carbons (Fsp3) is 0.250. The molecular formula is C8H7F3O2S. The number of alkyl halides is 3. The highest BCUT2D eigenvalue weighted by Crippen LogP contribution is 2.33. The number of aryl methyl sites for hydroxylation is 1. The molecule has 2 nitrogen and oxygen atoms in total. The highest BCUT2D eigenvalue weighted by atomic mass is 32.2. The van der Waals surface area contributed by atoms with Crippen molar-refractivity contribution in [3.63, 3.8) is 0 Å². The van der Waals surface area contributed by atoms with Crippen molar-refractivity contribution < 1.29 is 21.6 Å². The molecule has 0 fully saturated rings. The fourth-order valence-corrected chi connectivity index (χ4v) is 1.89. The van der Waals surface area contributed by atoms with Gasteiger partial charge in [0.05, 0.1) is 10.5 Å². The lowest BCUT2D eigenvalue weighted by atomic mass is 10.1. The van der Waals surface area contributed by atoms with Gasteiger partial charge in [0, 0.05) is 0 Å². The monoisotopic (exact) mass is 224 g/mol. The lowest BCUT2D eigenvalue weighted by Crippen LogP contribution is -2.09. The summed E-state index contributed by atoms with van der Waals surface area (Å²) in [5, 5.41) is 0. The predicted molar refractivity (Wildman–Crippen MR) is 44.8 cm³/mol. The molecule has 0 amide bonds. The molecule has 1 rings (SSSR count). The molecular weight excluding hydrogens is 217 g/mol. The van der Waals surface area contributed by atoms with Crippen molar-refractivity contribution in [1.82, 2.24) is 0 Å². The summed E-state index contributed by atoms with van der Waals surface area (Å²) < 4.78 is 58.2. The van der Waals surface area contributed by atoms with E-state index in [1.54, 1.807) is 0 Å². The second-order valence-electron chi connectivity index (χ2n) is 2.73. The van der Waals surface area contributed by atoms with Gasteiger partial charge in [-0.25, -0.2) is 8.42 Å². The number of benzene rings is 1. The SMILES string of the molecule is Cc1cccc(C(F)(F)F)c1[SH](=O)=O. The van der Waals surface area contributed by atoms with E-state index in [-0.39, 0.29) is 5.56 Å². The average Bonchev–Trinajstić information content (AvgIpc) is 2.01. The Labute approximate surface area is 80.3 Å². The van der Waals surface area contributed by atoms with Crippen LogP contribution in [0.1, 0.15) is 11.1 Å². The van der Waals surface area contributed by atoms with Gasteiger partial charge in [-0.2, -0.15) is 13.2 Å². The molecule has 0 spiro atoms. The molecule has 0 aromatic heterocycles. The van der Waals surface area contributed by atoms with Crippen LogP contribution in [-0.4, -0.2) is 8.42 Å². The largest absolute Gasteiger partial charge is 0.417 e. The third-order valence-corrected chi connectivity index (χ3v) is 2.68. The van der Waals surface area contributed by atoms with Crippen molar-refractivity contribution in [3.05, 3.63) is 29.3 Å². The standard InChI is InChI=1S/C8H7F3O2S/c1-5-3-2-4-6(8(9,10)11)7(5)14(12)13/h2-4,14H,1H3. The van der Waals surface area contributed by atoms with Crippen LogP contribution >= 0.6 is 0 Å². The summed E-state index contributed by atoms with van der Waals surface area (Å²) in [6, 6.07) is 3.27. The first-order valence-corrected chi connectivity index (χ1v) is 4.83. The highest BCUT2D eigenvalue weighted by Gasteiger charge is 2.34. The molecule has 0 aliphatic heterocycles. The summed E-state index contributed by atoms with van der Waals surface area (Å²) >= 11 is 0. The van der Waals surface area contributed by atoms with Crippen LogP contribution in [-0.2, 0) is 16.9 Å². The van der Waals surface area contributed by atoms with E-state index in [9.17, 15) is 21.6 Å². The molecule has 0 saturated heterocycles. The lowest BCUT2D eigenvalue weighted by Gasteiger charge is -2.10. The molecule has 0 aliphatic carbocycles. The zero-order valence-electron chi connectivity index (χ0n) is 7.13. The van der Waals surface area contributed by atoms with Crippen LogP contribution in [0.2, 0.25) is 0 Å². The van der Waals surface area contributed by atoms with E-state index in [1.165, 1.54) is 19.1 Å². The smallest absolute Gasteiger partial charge is 0.227 e. The van der Waals surface area contributed by atoms with Gasteiger partial charge in [0.2, 0.25) is 0 Å². The van der Waals surface area contributed by atoms with Crippen LogP contribution in [0.3, 0.4) is 0 Å². The second kappa shape index (κ2) is 3.61. The molecule has 0 bridgehead atoms. The number of hydrogen-bond donors (Lipinski definition) is 1. The minimum atomic E-state index is -4.63. The summed E-state index contributed by atoms with van der Waals surface area (Å²) in [5.41, 5.74) is -0.996. The van der Waals surface area contributed by atoms with E-state index < -0.39 is 27.3 Å². The molecule has 0 N–H and O–H groups in total. The Morgan fingerprint density at radius 3 is 2.14 bits per heavy atom. The Kier molecular flexibility index (Phi) is 2.84. The summed E-state index contributed by atoms with van der Waals surface area (Å²) in [6.45, 7) is 1.33. The average molecular weight is 224 g/mol. The Morgan fingerprint density at radius 1 is 1.21 bits per heavy atom. The lowest BCUT2D eigenvalue weighted by molar-refractivity contribution is -0.139. The Hall–Kier alpha value is -1.04. The van der Waals surface area contributed by atoms with Gasteiger partial charge in [-0.15, -0.1) is 0 Å². The van der Waals surface area contributed by atoms with Crippen molar-refractivity contribution in [2.75, 3.05) is 0 Å². The summed E-state index contributed by atoms with van der Waals surface area (Å²) in [7, 11) is -3.22. The number of rotatable bonds is 1. The van der Waals surface area contributed by atoms with Gasteiger partial charge in [-0.3, -0.25) is 0 Å². The van der Waals surface area contributed by atoms with Gasteiger partial charge in [-0.05, 0) is 18.6 Å². The molecule has 78 valence electrons. The van der Waals surface area contributed by atoms with E-state index >= 15 is 0 Å². The van der Waals surface area contributed by atoms with Crippen molar-refractivity contribution in [2.24, 2.45) is 0 Å². The van der Waals surface area contributed by atoms with E-state index in [0.717, 1.165) is 6.07 Å². The van der Waals surface area contributed by atoms with Crippen molar-refractivity contribution in [2.45, 2.75) is 18.0 Å². The van der Waals surface area contributed by atoms with E-state index in [4.69, 9.17) is 0 Å². The molecule has 0 unspecified atom stereocenters. The molecule has 0 aliphatic rings. The predicted octanol–water partition coefficient (Wildman–Crippen LogP) is 1.98. The maximum absolute atomic E-state index is 12.3. The third-order valence-electron chi connectivity index (χ3n) is 1.73. The Morgan fingerprint density at radius 2 is 1.79 bits per heavy atom. The first-order valence-electron chi connectivity index (χ1n) is 3.65. The zero-order chi connectivity index (χ0) is 10.9. The molecule has 0 heterocycles. The van der Waals surface area contributed by atoms with Gasteiger partial charge in [0.25, 0.3) is 0 Å². The van der Waals surface area contributed by atoms with Crippen LogP contribution < -0.4 is 0 Å². The van der Waals surface area contributed by atoms with E-state index in [1.807, 2.05) is 0 Å². The fourth-order valence-electron chi connectivity index (χ4n) is 1.13. The normalized spacial score (nSPS) is 12.1. The molecule has 0 atom stereocenters. The molecule has 0 radical (unpaired) electrons. The van der Waals surface area contributed by atoms with E-state index in [0.29, 0.717) is 0 Å². The summed E-state index contributed by atoms with van der Waals surface area (Å²) in [6.07, 6.45) is -4.63. The Balaban J connectivity index is 3.52. The maximum atomic E-state index is 12.3. The summed E-state index contributed by atoms with van der Waals surface area (Å²) in [5.74, 6) is 0. The van der Waals surface area contributed by atoms with Crippen LogP contribution in [0.25, 0.3) is 0 Å². The van der Waals surface area contributed by atoms with Crippen LogP contribution in [0.15, 0.2) is 23.1 Å². The minimum Gasteiger partial charge on any atom is -0.227 e. The summed E-state index contributed by atoms with van der Waals surface area (Å²) in [4.78, 5) is -0.644. The minimum absolute atomic E-state index is 0.107. The van der Waals surface area contributed by atoms with Crippen LogP contribution in [0.5, 0.6) is 0 Å². The molecule has 14 heavy (non-hydrogen) atoms. The van der Waals surface area contributed by atoms with Gasteiger partial charge < -0.3 is 0 Å². The topological polar surface area (TPSA) is 34.1 Å². The second-order valence-corrected chi connectivity index (χ2v) is 3.69. The van der Waals surface area contributed by atoms with Gasteiger partial charge in [0.1, 0.15) is 0 Å². The van der Waals surface area contributed by atoms with Crippen molar-refractivity contribution in [1.29, 1.82) is 0 Å².